The van der Waals surface area contributed by atoms with Crippen molar-refractivity contribution in [2.75, 3.05) is 5.73 Å². The van der Waals surface area contributed by atoms with Crippen LogP contribution in [0.25, 0.3) is 39.5 Å². The second-order valence-electron chi connectivity index (χ2n) is 11.9. The van der Waals surface area contributed by atoms with Crippen molar-refractivity contribution in [2.24, 2.45) is 17.1 Å². The van der Waals surface area contributed by atoms with Gasteiger partial charge in [-0.3, -0.25) is 4.57 Å². The van der Waals surface area contributed by atoms with E-state index in [2.05, 4.69) is 66.7 Å². The molecule has 6 heteroatoms. The molecule has 1 fully saturated rings. The van der Waals surface area contributed by atoms with Crippen LogP contribution in [-0.2, 0) is 5.54 Å². The van der Waals surface area contributed by atoms with Crippen LogP contribution in [0.4, 0.5) is 5.82 Å². The van der Waals surface area contributed by atoms with Gasteiger partial charge in [0.25, 0.3) is 0 Å². The number of benzene rings is 2. The molecule has 6 nitrogen and oxygen atoms in total. The first-order valence-electron chi connectivity index (χ1n) is 13.3. The number of hydrogen-bond donors (Lipinski definition) is 2. The number of fused-ring (bicyclic) bond motifs is 1. The van der Waals surface area contributed by atoms with Gasteiger partial charge in [-0.05, 0) is 72.6 Å². The molecule has 1 aliphatic rings. The van der Waals surface area contributed by atoms with Crippen LogP contribution >= 0.6 is 0 Å². The Labute approximate surface area is 223 Å². The number of hydrogen-bond acceptors (Lipinski definition) is 5. The molecule has 192 valence electrons. The minimum absolute atomic E-state index is 0.263. The maximum atomic E-state index is 6.86. The highest BCUT2D eigenvalue weighted by molar-refractivity contribution is 5.84. The molecule has 3 aromatic heterocycles. The van der Waals surface area contributed by atoms with E-state index >= 15 is 0 Å². The standard InChI is InChI=1S/C32H34N6/c1-31(2,3)18-21-19-32(34,20-21)23-11-13-24(14-12-23)38-29(25-10-7-17-35-28(25)33)37-27-16-15-26(36-30(27)38)22-8-5-4-6-9-22/h4-17,21H,18-20,34H2,1-3H3,(H2,33,35). The van der Waals surface area contributed by atoms with Crippen molar-refractivity contribution in [2.45, 2.75) is 45.6 Å². The predicted octanol–water partition coefficient (Wildman–Crippen LogP) is 6.73. The first-order valence-corrected chi connectivity index (χ1v) is 13.3. The van der Waals surface area contributed by atoms with E-state index in [9.17, 15) is 0 Å². The van der Waals surface area contributed by atoms with Crippen LogP contribution in [0.2, 0.25) is 0 Å². The van der Waals surface area contributed by atoms with Gasteiger partial charge >= 0.3 is 0 Å². The molecule has 38 heavy (non-hydrogen) atoms. The summed E-state index contributed by atoms with van der Waals surface area (Å²) in [4.78, 5) is 14.3. The van der Waals surface area contributed by atoms with E-state index in [1.54, 1.807) is 6.20 Å². The lowest BCUT2D eigenvalue weighted by atomic mass is 9.61. The molecule has 0 saturated heterocycles. The maximum absolute atomic E-state index is 6.86. The normalized spacial score (nSPS) is 19.4. The van der Waals surface area contributed by atoms with E-state index in [0.717, 1.165) is 46.5 Å². The second kappa shape index (κ2) is 9.07. The van der Waals surface area contributed by atoms with Gasteiger partial charge in [0.05, 0.1) is 11.3 Å². The Hall–Kier alpha value is -4.03. The van der Waals surface area contributed by atoms with E-state index in [1.807, 2.05) is 42.5 Å². The fourth-order valence-corrected chi connectivity index (χ4v) is 5.92. The second-order valence-corrected chi connectivity index (χ2v) is 11.9. The van der Waals surface area contributed by atoms with Gasteiger partial charge < -0.3 is 11.5 Å². The summed E-state index contributed by atoms with van der Waals surface area (Å²) in [6.07, 6.45) is 4.95. The summed E-state index contributed by atoms with van der Waals surface area (Å²) < 4.78 is 2.07. The Kier molecular flexibility index (Phi) is 5.80. The van der Waals surface area contributed by atoms with E-state index in [4.69, 9.17) is 21.4 Å². The summed E-state index contributed by atoms with van der Waals surface area (Å²) in [5, 5.41) is 0. The molecule has 5 aromatic rings. The maximum Gasteiger partial charge on any atom is 0.165 e. The summed E-state index contributed by atoms with van der Waals surface area (Å²) in [7, 11) is 0. The fourth-order valence-electron chi connectivity index (χ4n) is 5.92. The van der Waals surface area contributed by atoms with E-state index in [0.29, 0.717) is 23.0 Å². The van der Waals surface area contributed by atoms with Gasteiger partial charge in [-0.2, -0.15) is 0 Å². The van der Waals surface area contributed by atoms with Crippen molar-refractivity contribution in [3.63, 3.8) is 0 Å². The summed E-state index contributed by atoms with van der Waals surface area (Å²) in [6, 6.07) is 26.6. The third-order valence-corrected chi connectivity index (χ3v) is 7.56. The number of nitrogen functional groups attached to an aromatic ring is 1. The van der Waals surface area contributed by atoms with E-state index in [-0.39, 0.29) is 5.54 Å². The topological polar surface area (TPSA) is 95.6 Å². The molecule has 0 unspecified atom stereocenters. The SMILES string of the molecule is CC(C)(C)CC1CC(N)(c2ccc(-n3c(-c4cccnc4N)nc4ccc(-c5ccccc5)nc43)cc2)C1. The van der Waals surface area contributed by atoms with Crippen LogP contribution < -0.4 is 11.5 Å². The van der Waals surface area contributed by atoms with Crippen LogP contribution in [0.15, 0.2) is 85.1 Å². The third kappa shape index (κ3) is 4.45. The lowest BCUT2D eigenvalue weighted by molar-refractivity contribution is 0.103. The molecule has 1 aliphatic carbocycles. The first kappa shape index (κ1) is 24.3. The molecule has 0 aliphatic heterocycles. The zero-order valence-corrected chi connectivity index (χ0v) is 22.2. The van der Waals surface area contributed by atoms with Crippen molar-refractivity contribution in [3.05, 3.63) is 90.6 Å². The van der Waals surface area contributed by atoms with E-state index < -0.39 is 0 Å². The van der Waals surface area contributed by atoms with Gasteiger partial charge in [0, 0.05) is 23.0 Å². The summed E-state index contributed by atoms with van der Waals surface area (Å²) in [5.74, 6) is 1.83. The highest BCUT2D eigenvalue weighted by Gasteiger charge is 2.43. The number of pyridine rings is 2. The van der Waals surface area contributed by atoms with Crippen molar-refractivity contribution < 1.29 is 0 Å². The number of anilines is 1. The lowest BCUT2D eigenvalue weighted by Crippen LogP contribution is -2.49. The molecule has 3 heterocycles. The number of nitrogens with two attached hydrogens (primary N) is 2. The van der Waals surface area contributed by atoms with Gasteiger partial charge in [-0.15, -0.1) is 0 Å². The Morgan fingerprint density at radius 2 is 1.63 bits per heavy atom. The summed E-state index contributed by atoms with van der Waals surface area (Å²) in [6.45, 7) is 6.91. The van der Waals surface area contributed by atoms with Gasteiger partial charge in [-0.1, -0.05) is 63.2 Å². The van der Waals surface area contributed by atoms with Gasteiger partial charge in [0.2, 0.25) is 0 Å². The molecule has 4 N–H and O–H groups in total. The van der Waals surface area contributed by atoms with Crippen LogP contribution in [0.5, 0.6) is 0 Å². The number of imidazole rings is 1. The minimum atomic E-state index is -0.263. The number of rotatable bonds is 5. The molecule has 0 bridgehead atoms. The zero-order valence-electron chi connectivity index (χ0n) is 22.2. The van der Waals surface area contributed by atoms with Crippen molar-refractivity contribution in [1.82, 2.24) is 19.5 Å². The Morgan fingerprint density at radius 1 is 0.895 bits per heavy atom. The largest absolute Gasteiger partial charge is 0.383 e. The van der Waals surface area contributed by atoms with Gasteiger partial charge in [-0.25, -0.2) is 15.0 Å². The molecule has 2 aromatic carbocycles. The highest BCUT2D eigenvalue weighted by Crippen LogP contribution is 2.48. The molecular formula is C32H34N6. The molecule has 0 amide bonds. The van der Waals surface area contributed by atoms with Crippen molar-refractivity contribution in [1.29, 1.82) is 0 Å². The minimum Gasteiger partial charge on any atom is -0.383 e. The van der Waals surface area contributed by atoms with Gasteiger partial charge in [0.15, 0.2) is 11.5 Å². The summed E-state index contributed by atoms with van der Waals surface area (Å²) >= 11 is 0. The molecule has 0 spiro atoms. The van der Waals surface area contributed by atoms with Crippen molar-refractivity contribution in [3.8, 4) is 28.3 Å². The predicted molar refractivity (Wildman–Crippen MR) is 155 cm³/mol. The molecular weight excluding hydrogens is 468 g/mol. The Bertz CT molecular complexity index is 1590. The quantitative estimate of drug-likeness (QED) is 0.278. The fraction of sp³-hybridized carbons (Fsp3) is 0.281. The first-order chi connectivity index (χ1) is 18.2. The Balaban J connectivity index is 1.43. The average Bonchev–Trinajstić information content (AvgIpc) is 3.26. The average molecular weight is 503 g/mol. The lowest BCUT2D eigenvalue weighted by Gasteiger charge is -2.47. The summed E-state index contributed by atoms with van der Waals surface area (Å²) in [5.41, 5.74) is 19.7. The third-order valence-electron chi connectivity index (χ3n) is 7.56. The zero-order chi connectivity index (χ0) is 26.5. The van der Waals surface area contributed by atoms with Crippen LogP contribution in [0, 0.1) is 11.3 Å². The molecule has 0 atom stereocenters. The molecule has 0 radical (unpaired) electrons. The monoisotopic (exact) mass is 502 g/mol. The van der Waals surface area contributed by atoms with Gasteiger partial charge in [0.1, 0.15) is 11.3 Å². The van der Waals surface area contributed by atoms with E-state index in [1.165, 1.54) is 12.0 Å². The highest BCUT2D eigenvalue weighted by atomic mass is 15.1. The molecule has 1 saturated carbocycles. The van der Waals surface area contributed by atoms with Crippen LogP contribution in [0.3, 0.4) is 0 Å². The molecule has 6 rings (SSSR count). The Morgan fingerprint density at radius 3 is 2.32 bits per heavy atom. The smallest absolute Gasteiger partial charge is 0.165 e. The number of nitrogens with zero attached hydrogens (tertiary/aromatic N) is 4. The van der Waals surface area contributed by atoms with Crippen LogP contribution in [-0.4, -0.2) is 19.5 Å². The van der Waals surface area contributed by atoms with Crippen molar-refractivity contribution >= 4 is 17.0 Å². The van der Waals surface area contributed by atoms with Crippen LogP contribution in [0.1, 0.15) is 45.6 Å². The number of aromatic nitrogens is 4.